The van der Waals surface area contributed by atoms with Crippen molar-refractivity contribution < 1.29 is 9.53 Å². The van der Waals surface area contributed by atoms with Gasteiger partial charge in [-0.25, -0.2) is 4.79 Å². The van der Waals surface area contributed by atoms with Crippen LogP contribution in [0, 0.1) is 6.92 Å². The van der Waals surface area contributed by atoms with Crippen LogP contribution in [-0.4, -0.2) is 17.3 Å². The first kappa shape index (κ1) is 19.3. The topological polar surface area (TPSA) is 62.7 Å². The molecule has 0 saturated carbocycles. The van der Waals surface area contributed by atoms with Crippen LogP contribution in [0.3, 0.4) is 0 Å². The number of hydrogen-bond acceptors (Lipinski definition) is 4. The van der Waals surface area contributed by atoms with Crippen LogP contribution in [0.5, 0.6) is 5.75 Å². The second-order valence-corrected chi connectivity index (χ2v) is 6.37. The zero-order valence-corrected chi connectivity index (χ0v) is 16.1. The van der Waals surface area contributed by atoms with Gasteiger partial charge < -0.3 is 10.1 Å². The standard InChI is InChI=1S/C22H19N3O2S/c1-16-7-5-6-10-20(16)21(26)27-19-13-11-17(12-14-19)15-23-25-22(28)24-18-8-3-2-4-9-18/h2-15H,1H3,(H2,24,25,28)/b23-15+. The van der Waals surface area contributed by atoms with Crippen LogP contribution in [0.2, 0.25) is 0 Å². The third-order valence-corrected chi connectivity index (χ3v) is 4.06. The van der Waals surface area contributed by atoms with Crippen molar-refractivity contribution in [2.24, 2.45) is 5.10 Å². The zero-order chi connectivity index (χ0) is 19.8. The van der Waals surface area contributed by atoms with Crippen LogP contribution in [-0.2, 0) is 0 Å². The predicted molar refractivity (Wildman–Crippen MR) is 116 cm³/mol. The van der Waals surface area contributed by atoms with Crippen molar-refractivity contribution in [3.63, 3.8) is 0 Å². The number of thiocarbonyl (C=S) groups is 1. The molecule has 0 unspecified atom stereocenters. The Labute approximate surface area is 169 Å². The first-order valence-corrected chi connectivity index (χ1v) is 9.05. The highest BCUT2D eigenvalue weighted by Crippen LogP contribution is 2.15. The van der Waals surface area contributed by atoms with E-state index in [1.54, 1.807) is 36.5 Å². The SMILES string of the molecule is Cc1ccccc1C(=O)Oc1ccc(/C=N/NC(=S)Nc2ccccc2)cc1. The zero-order valence-electron chi connectivity index (χ0n) is 15.3. The van der Waals surface area contributed by atoms with Gasteiger partial charge >= 0.3 is 5.97 Å². The second-order valence-electron chi connectivity index (χ2n) is 5.96. The summed E-state index contributed by atoms with van der Waals surface area (Å²) in [5, 5.41) is 7.52. The van der Waals surface area contributed by atoms with E-state index in [1.807, 2.05) is 55.5 Å². The molecule has 0 atom stereocenters. The van der Waals surface area contributed by atoms with Crippen molar-refractivity contribution in [3.8, 4) is 5.75 Å². The molecule has 6 heteroatoms. The Morgan fingerprint density at radius 3 is 2.36 bits per heavy atom. The number of carbonyl (C=O) groups excluding carboxylic acids is 1. The van der Waals surface area contributed by atoms with Crippen molar-refractivity contribution in [1.29, 1.82) is 0 Å². The van der Waals surface area contributed by atoms with Crippen LogP contribution in [0.4, 0.5) is 5.69 Å². The minimum atomic E-state index is -0.376. The summed E-state index contributed by atoms with van der Waals surface area (Å²) in [4.78, 5) is 12.2. The van der Waals surface area contributed by atoms with Crippen LogP contribution >= 0.6 is 12.2 Å². The third kappa shape index (κ3) is 5.49. The average Bonchev–Trinajstić information content (AvgIpc) is 2.70. The van der Waals surface area contributed by atoms with Gasteiger partial charge in [0.2, 0.25) is 0 Å². The minimum Gasteiger partial charge on any atom is -0.423 e. The molecule has 0 saturated heterocycles. The number of aryl methyl sites for hydroxylation is 1. The molecule has 0 amide bonds. The lowest BCUT2D eigenvalue weighted by Gasteiger charge is -2.07. The van der Waals surface area contributed by atoms with Gasteiger partial charge in [0, 0.05) is 5.69 Å². The lowest BCUT2D eigenvalue weighted by Crippen LogP contribution is -2.23. The molecule has 0 aliphatic heterocycles. The summed E-state index contributed by atoms with van der Waals surface area (Å²) in [6.45, 7) is 1.88. The highest BCUT2D eigenvalue weighted by Gasteiger charge is 2.10. The molecule has 3 aromatic carbocycles. The van der Waals surface area contributed by atoms with E-state index >= 15 is 0 Å². The fourth-order valence-electron chi connectivity index (χ4n) is 2.43. The molecule has 0 fully saturated rings. The van der Waals surface area contributed by atoms with Gasteiger partial charge in [-0.15, -0.1) is 0 Å². The van der Waals surface area contributed by atoms with Crippen LogP contribution in [0.1, 0.15) is 21.5 Å². The Kier molecular flexibility index (Phi) is 6.49. The summed E-state index contributed by atoms with van der Waals surface area (Å²) in [6.07, 6.45) is 1.63. The van der Waals surface area contributed by atoms with Crippen molar-refractivity contribution in [1.82, 2.24) is 5.43 Å². The molecule has 0 bridgehead atoms. The molecule has 140 valence electrons. The van der Waals surface area contributed by atoms with Crippen LogP contribution in [0.25, 0.3) is 0 Å². The number of rotatable bonds is 5. The van der Waals surface area contributed by atoms with Gasteiger partial charge in [-0.05, 0) is 72.7 Å². The second kappa shape index (κ2) is 9.43. The summed E-state index contributed by atoms with van der Waals surface area (Å²) in [5.41, 5.74) is 5.91. The number of hydrogen-bond donors (Lipinski definition) is 2. The number of esters is 1. The van der Waals surface area contributed by atoms with E-state index in [-0.39, 0.29) is 5.97 Å². The number of ether oxygens (including phenoxy) is 1. The number of carbonyl (C=O) groups is 1. The first-order valence-electron chi connectivity index (χ1n) is 8.65. The quantitative estimate of drug-likeness (QED) is 0.221. The Morgan fingerprint density at radius 2 is 1.64 bits per heavy atom. The van der Waals surface area contributed by atoms with E-state index < -0.39 is 0 Å². The number of hydrazone groups is 1. The Bertz CT molecular complexity index is 986. The van der Waals surface area contributed by atoms with E-state index in [4.69, 9.17) is 17.0 Å². The molecule has 0 aromatic heterocycles. The fourth-order valence-corrected chi connectivity index (χ4v) is 2.60. The van der Waals surface area contributed by atoms with Crippen molar-refractivity contribution in [2.75, 3.05) is 5.32 Å². The van der Waals surface area contributed by atoms with Gasteiger partial charge in [-0.2, -0.15) is 5.10 Å². The molecular weight excluding hydrogens is 370 g/mol. The minimum absolute atomic E-state index is 0.376. The van der Waals surface area contributed by atoms with Crippen molar-refractivity contribution in [3.05, 3.63) is 95.6 Å². The van der Waals surface area contributed by atoms with Gasteiger partial charge in [0.1, 0.15) is 5.75 Å². The average molecular weight is 389 g/mol. The van der Waals surface area contributed by atoms with Crippen molar-refractivity contribution in [2.45, 2.75) is 6.92 Å². The van der Waals surface area contributed by atoms with Gasteiger partial charge in [0.25, 0.3) is 0 Å². The largest absolute Gasteiger partial charge is 0.423 e. The molecule has 3 rings (SSSR count). The molecule has 28 heavy (non-hydrogen) atoms. The van der Waals surface area contributed by atoms with Crippen LogP contribution in [0.15, 0.2) is 84.0 Å². The number of benzene rings is 3. The summed E-state index contributed by atoms with van der Waals surface area (Å²) in [7, 11) is 0. The molecular formula is C22H19N3O2S. The van der Waals surface area contributed by atoms with Gasteiger partial charge in [-0.1, -0.05) is 36.4 Å². The molecule has 0 radical (unpaired) electrons. The van der Waals surface area contributed by atoms with Crippen LogP contribution < -0.4 is 15.5 Å². The molecule has 0 aliphatic carbocycles. The monoisotopic (exact) mass is 389 g/mol. The summed E-state index contributed by atoms with van der Waals surface area (Å²) in [6, 6.07) is 24.0. The Balaban J connectivity index is 1.52. The van der Waals surface area contributed by atoms with Gasteiger partial charge in [0.05, 0.1) is 11.8 Å². The maximum Gasteiger partial charge on any atom is 0.343 e. The van der Waals surface area contributed by atoms with Gasteiger partial charge in [0.15, 0.2) is 5.11 Å². The number of nitrogens with one attached hydrogen (secondary N) is 2. The number of nitrogens with zero attached hydrogens (tertiary/aromatic N) is 1. The third-order valence-electron chi connectivity index (χ3n) is 3.87. The van der Waals surface area contributed by atoms with E-state index in [0.717, 1.165) is 16.8 Å². The lowest BCUT2D eigenvalue weighted by atomic mass is 10.1. The Morgan fingerprint density at radius 1 is 0.964 bits per heavy atom. The molecule has 2 N–H and O–H groups in total. The normalized spacial score (nSPS) is 10.5. The fraction of sp³-hybridized carbons (Fsp3) is 0.0455. The van der Waals surface area contributed by atoms with E-state index in [9.17, 15) is 4.79 Å². The number of anilines is 1. The predicted octanol–water partition coefficient (Wildman–Crippen LogP) is 4.53. The molecule has 0 aliphatic rings. The maximum atomic E-state index is 12.2. The summed E-state index contributed by atoms with van der Waals surface area (Å²) in [5.74, 6) is 0.0955. The molecule has 0 spiro atoms. The van der Waals surface area contributed by atoms with E-state index in [1.165, 1.54) is 0 Å². The highest BCUT2D eigenvalue weighted by molar-refractivity contribution is 7.80. The summed E-state index contributed by atoms with van der Waals surface area (Å²) < 4.78 is 5.42. The molecule has 3 aromatic rings. The highest BCUT2D eigenvalue weighted by atomic mass is 32.1. The number of para-hydroxylation sites is 1. The van der Waals surface area contributed by atoms with Gasteiger partial charge in [-0.3, -0.25) is 5.43 Å². The molecule has 0 heterocycles. The smallest absolute Gasteiger partial charge is 0.343 e. The lowest BCUT2D eigenvalue weighted by molar-refractivity contribution is 0.0734. The van der Waals surface area contributed by atoms with E-state index in [0.29, 0.717) is 16.4 Å². The van der Waals surface area contributed by atoms with Crippen molar-refractivity contribution >= 4 is 35.2 Å². The molecule has 5 nitrogen and oxygen atoms in total. The van der Waals surface area contributed by atoms with E-state index in [2.05, 4.69) is 15.8 Å². The summed E-state index contributed by atoms with van der Waals surface area (Å²) >= 11 is 5.18. The first-order chi connectivity index (χ1) is 13.6. The Hall–Kier alpha value is -3.51. The maximum absolute atomic E-state index is 12.2.